The molecule has 0 aliphatic rings. The third kappa shape index (κ3) is 2.81. The van der Waals surface area contributed by atoms with Crippen molar-refractivity contribution in [3.05, 3.63) is 77.1 Å². The molecule has 26 heavy (non-hydrogen) atoms. The van der Waals surface area contributed by atoms with Crippen LogP contribution >= 0.6 is 0 Å². The van der Waals surface area contributed by atoms with E-state index < -0.39 is 0 Å². The van der Waals surface area contributed by atoms with Crippen molar-refractivity contribution in [1.29, 1.82) is 0 Å². The summed E-state index contributed by atoms with van der Waals surface area (Å²) < 4.78 is 4.40. The van der Waals surface area contributed by atoms with E-state index in [0.717, 1.165) is 41.3 Å². The molecule has 0 bridgehead atoms. The summed E-state index contributed by atoms with van der Waals surface area (Å²) in [5, 5.41) is 0. The molecule has 0 aliphatic carbocycles. The normalized spacial score (nSPS) is 11.4. The summed E-state index contributed by atoms with van der Waals surface area (Å²) in [7, 11) is 2.08. The molecule has 4 rings (SSSR count). The largest absolute Gasteiger partial charge is 0.337 e. The van der Waals surface area contributed by atoms with Gasteiger partial charge < -0.3 is 8.97 Å². The molecule has 0 saturated carbocycles. The second-order valence-corrected chi connectivity index (χ2v) is 6.94. The van der Waals surface area contributed by atoms with Gasteiger partial charge in [0.15, 0.2) is 0 Å². The lowest BCUT2D eigenvalue weighted by Gasteiger charge is -2.10. The number of hydrogen-bond donors (Lipinski definition) is 0. The molecule has 0 radical (unpaired) electrons. The van der Waals surface area contributed by atoms with Crippen molar-refractivity contribution >= 4 is 5.65 Å². The number of benzene rings is 1. The van der Waals surface area contributed by atoms with Gasteiger partial charge in [0.2, 0.25) is 0 Å². The second kappa shape index (κ2) is 6.45. The fourth-order valence-electron chi connectivity index (χ4n) is 3.61. The predicted molar refractivity (Wildman–Crippen MR) is 105 cm³/mol. The van der Waals surface area contributed by atoms with Crippen LogP contribution in [-0.2, 0) is 19.9 Å². The highest BCUT2D eigenvalue weighted by molar-refractivity contribution is 5.58. The smallest absolute Gasteiger partial charge is 0.137 e. The number of fused-ring (bicyclic) bond motifs is 1. The fourth-order valence-corrected chi connectivity index (χ4v) is 3.61. The summed E-state index contributed by atoms with van der Waals surface area (Å²) in [4.78, 5) is 9.48. The zero-order valence-electron chi connectivity index (χ0n) is 15.8. The molecule has 4 aromatic rings. The molecule has 4 nitrogen and oxygen atoms in total. The molecular formula is C22H24N4. The van der Waals surface area contributed by atoms with Crippen molar-refractivity contribution in [2.45, 2.75) is 33.6 Å². The van der Waals surface area contributed by atoms with E-state index in [1.807, 2.05) is 6.07 Å². The summed E-state index contributed by atoms with van der Waals surface area (Å²) in [5.41, 5.74) is 8.18. The Kier molecular flexibility index (Phi) is 4.11. The van der Waals surface area contributed by atoms with E-state index in [4.69, 9.17) is 4.98 Å². The Balaban J connectivity index is 1.60. The molecule has 0 aliphatic heterocycles. The average Bonchev–Trinajstić information content (AvgIpc) is 3.16. The van der Waals surface area contributed by atoms with E-state index in [2.05, 4.69) is 84.4 Å². The van der Waals surface area contributed by atoms with Crippen LogP contribution in [0.1, 0.15) is 28.5 Å². The molecule has 0 N–H and O–H groups in total. The molecule has 3 aromatic heterocycles. The molecule has 0 spiro atoms. The highest BCUT2D eigenvalue weighted by Crippen LogP contribution is 2.21. The monoisotopic (exact) mass is 344 g/mol. The Morgan fingerprint density at radius 2 is 1.62 bits per heavy atom. The van der Waals surface area contributed by atoms with Gasteiger partial charge in [0, 0.05) is 36.6 Å². The summed E-state index contributed by atoms with van der Waals surface area (Å²) in [6.45, 7) is 6.39. The number of pyridine rings is 1. The van der Waals surface area contributed by atoms with Crippen LogP contribution in [0, 0.1) is 20.8 Å². The maximum Gasteiger partial charge on any atom is 0.137 e. The first kappa shape index (κ1) is 16.6. The predicted octanol–water partition coefficient (Wildman–Crippen LogP) is 4.45. The number of aromatic nitrogens is 4. The summed E-state index contributed by atoms with van der Waals surface area (Å²) >= 11 is 0. The molecule has 132 valence electrons. The maximum atomic E-state index is 4.85. The number of rotatable bonds is 4. The molecule has 0 unspecified atom stereocenters. The first-order valence-electron chi connectivity index (χ1n) is 9.06. The molecule has 0 amide bonds. The lowest BCUT2D eigenvalue weighted by Crippen LogP contribution is -2.04. The van der Waals surface area contributed by atoms with Gasteiger partial charge in [0.1, 0.15) is 11.5 Å². The summed E-state index contributed by atoms with van der Waals surface area (Å²) in [6.07, 6.45) is 4.00. The number of hydrogen-bond acceptors (Lipinski definition) is 2. The van der Waals surface area contributed by atoms with Crippen molar-refractivity contribution < 1.29 is 0 Å². The van der Waals surface area contributed by atoms with E-state index in [1.165, 1.54) is 17.0 Å². The lowest BCUT2D eigenvalue weighted by atomic mass is 10.1. The van der Waals surface area contributed by atoms with Crippen LogP contribution in [-0.4, -0.2) is 18.9 Å². The first-order valence-corrected chi connectivity index (χ1v) is 9.06. The van der Waals surface area contributed by atoms with Crippen molar-refractivity contribution in [2.24, 2.45) is 7.05 Å². The zero-order valence-corrected chi connectivity index (χ0v) is 15.8. The number of nitrogens with zero attached hydrogens (tertiary/aromatic N) is 4. The average molecular weight is 344 g/mol. The van der Waals surface area contributed by atoms with Gasteiger partial charge in [-0.25, -0.2) is 9.97 Å². The van der Waals surface area contributed by atoms with E-state index in [0.29, 0.717) is 0 Å². The summed E-state index contributed by atoms with van der Waals surface area (Å²) in [6, 6.07) is 14.7. The molecule has 0 saturated heterocycles. The van der Waals surface area contributed by atoms with Gasteiger partial charge in [-0.2, -0.15) is 0 Å². The molecular weight excluding hydrogens is 320 g/mol. The number of aryl methyl sites for hydroxylation is 6. The van der Waals surface area contributed by atoms with E-state index in [9.17, 15) is 0 Å². The van der Waals surface area contributed by atoms with Gasteiger partial charge >= 0.3 is 0 Å². The van der Waals surface area contributed by atoms with Crippen LogP contribution in [0.5, 0.6) is 0 Å². The van der Waals surface area contributed by atoms with E-state index in [-0.39, 0.29) is 0 Å². The van der Waals surface area contributed by atoms with Crippen molar-refractivity contribution in [2.75, 3.05) is 0 Å². The Morgan fingerprint density at radius 3 is 2.38 bits per heavy atom. The molecule has 4 heteroatoms. The highest BCUT2D eigenvalue weighted by Gasteiger charge is 2.12. The third-order valence-corrected chi connectivity index (χ3v) is 5.26. The minimum atomic E-state index is 0.919. The molecule has 1 aromatic carbocycles. The standard InChI is InChI=1S/C22H24N4/c1-15-16(2)26-17(3)18(11-13-22(26)23-15)10-12-21-24-20(14-25(21)4)19-8-6-5-7-9-19/h5-9,11,13-14H,10,12H2,1-4H3. The van der Waals surface area contributed by atoms with Gasteiger partial charge in [-0.15, -0.1) is 0 Å². The quantitative estimate of drug-likeness (QED) is 0.548. The van der Waals surface area contributed by atoms with Gasteiger partial charge in [-0.1, -0.05) is 36.4 Å². The fraction of sp³-hybridized carbons (Fsp3) is 0.273. The van der Waals surface area contributed by atoms with Gasteiger partial charge in [-0.05, 0) is 38.8 Å². The van der Waals surface area contributed by atoms with Crippen LogP contribution in [0.2, 0.25) is 0 Å². The highest BCUT2D eigenvalue weighted by atomic mass is 15.0. The van der Waals surface area contributed by atoms with Crippen LogP contribution in [0.15, 0.2) is 48.7 Å². The van der Waals surface area contributed by atoms with Crippen molar-refractivity contribution in [1.82, 2.24) is 18.9 Å². The van der Waals surface area contributed by atoms with Crippen LogP contribution in [0.4, 0.5) is 0 Å². The Morgan fingerprint density at radius 1 is 0.846 bits per heavy atom. The maximum absolute atomic E-state index is 4.85. The van der Waals surface area contributed by atoms with Gasteiger partial charge in [0.25, 0.3) is 0 Å². The Hall–Kier alpha value is -2.88. The van der Waals surface area contributed by atoms with Crippen LogP contribution in [0.3, 0.4) is 0 Å². The minimum absolute atomic E-state index is 0.919. The molecule has 0 fully saturated rings. The molecule has 0 atom stereocenters. The minimum Gasteiger partial charge on any atom is -0.337 e. The second-order valence-electron chi connectivity index (χ2n) is 6.94. The third-order valence-electron chi connectivity index (χ3n) is 5.26. The van der Waals surface area contributed by atoms with Crippen LogP contribution in [0.25, 0.3) is 16.9 Å². The summed E-state index contributed by atoms with van der Waals surface area (Å²) in [5.74, 6) is 1.11. The Bertz CT molecular complexity index is 1070. The van der Waals surface area contributed by atoms with Crippen molar-refractivity contribution in [3.8, 4) is 11.3 Å². The number of imidazole rings is 2. The van der Waals surface area contributed by atoms with Gasteiger partial charge in [-0.3, -0.25) is 0 Å². The van der Waals surface area contributed by atoms with Gasteiger partial charge in [0.05, 0.1) is 11.4 Å². The van der Waals surface area contributed by atoms with E-state index >= 15 is 0 Å². The first-order chi connectivity index (χ1) is 12.5. The van der Waals surface area contributed by atoms with E-state index in [1.54, 1.807) is 0 Å². The molecule has 3 heterocycles. The van der Waals surface area contributed by atoms with Crippen LogP contribution < -0.4 is 0 Å². The SMILES string of the molecule is Cc1nc2ccc(CCc3nc(-c4ccccc4)cn3C)c(C)n2c1C. The van der Waals surface area contributed by atoms with Crippen molar-refractivity contribution in [3.63, 3.8) is 0 Å². The zero-order chi connectivity index (χ0) is 18.3. The topological polar surface area (TPSA) is 35.1 Å². The Labute approximate surface area is 154 Å². The lowest BCUT2D eigenvalue weighted by molar-refractivity contribution is 0.765.